The average molecular weight is 260 g/mol. The maximum absolute atomic E-state index is 11.9. The molecule has 5 heteroatoms. The summed E-state index contributed by atoms with van der Waals surface area (Å²) in [4.78, 5) is 22.8. The number of carboxylic acid groups (broad SMARTS) is 1. The molecular weight excluding hydrogens is 248 g/mol. The molecule has 2 rings (SSSR count). The van der Waals surface area contributed by atoms with Crippen molar-refractivity contribution in [2.45, 2.75) is 6.42 Å². The molecule has 0 saturated carbocycles. The number of rotatable bonds is 5. The molecule has 0 amide bonds. The molecule has 1 aromatic heterocycles. The van der Waals surface area contributed by atoms with Gasteiger partial charge >= 0.3 is 5.97 Å². The van der Waals surface area contributed by atoms with Gasteiger partial charge < -0.3 is 14.3 Å². The Morgan fingerprint density at radius 3 is 2.95 bits per heavy atom. The van der Waals surface area contributed by atoms with E-state index in [-0.39, 0.29) is 16.7 Å². The highest BCUT2D eigenvalue weighted by Gasteiger charge is 2.13. The second-order valence-corrected chi connectivity index (χ2v) is 3.84. The topological polar surface area (TPSA) is 76.7 Å². The van der Waals surface area contributed by atoms with E-state index in [1.165, 1.54) is 6.07 Å². The summed E-state index contributed by atoms with van der Waals surface area (Å²) in [7, 11) is 0. The minimum Gasteiger partial charge on any atom is -0.492 e. The summed E-state index contributed by atoms with van der Waals surface area (Å²) in [6.07, 6.45) is 2.35. The molecule has 5 nitrogen and oxygen atoms in total. The van der Waals surface area contributed by atoms with Crippen molar-refractivity contribution in [1.82, 2.24) is 0 Å². The third kappa shape index (κ3) is 2.65. The monoisotopic (exact) mass is 260 g/mol. The highest BCUT2D eigenvalue weighted by atomic mass is 16.5. The number of aromatic carboxylic acids is 1. The molecule has 0 aliphatic carbocycles. The normalized spacial score (nSPS) is 10.3. The molecule has 0 aliphatic rings. The van der Waals surface area contributed by atoms with E-state index in [2.05, 4.69) is 6.58 Å². The fourth-order valence-corrected chi connectivity index (χ4v) is 1.66. The van der Waals surface area contributed by atoms with Crippen molar-refractivity contribution in [2.24, 2.45) is 0 Å². The van der Waals surface area contributed by atoms with Crippen LogP contribution in [0.15, 0.2) is 46.1 Å². The number of carboxylic acids is 1. The molecule has 0 unspecified atom stereocenters. The van der Waals surface area contributed by atoms with Crippen LogP contribution in [0.2, 0.25) is 0 Å². The van der Waals surface area contributed by atoms with Gasteiger partial charge in [0.15, 0.2) is 5.43 Å². The van der Waals surface area contributed by atoms with Crippen molar-refractivity contribution in [3.05, 3.63) is 52.9 Å². The summed E-state index contributed by atoms with van der Waals surface area (Å²) in [5.74, 6) is -1.29. The zero-order chi connectivity index (χ0) is 13.8. The second kappa shape index (κ2) is 5.39. The fourth-order valence-electron chi connectivity index (χ4n) is 1.66. The summed E-state index contributed by atoms with van der Waals surface area (Å²) in [6, 6.07) is 5.76. The van der Waals surface area contributed by atoms with Gasteiger partial charge in [-0.1, -0.05) is 12.1 Å². The second-order valence-electron chi connectivity index (χ2n) is 3.84. The smallest absolute Gasteiger partial charge is 0.371 e. The third-order valence-electron chi connectivity index (χ3n) is 2.51. The number of fused-ring (bicyclic) bond motifs is 1. The Balaban J connectivity index is 2.53. The lowest BCUT2D eigenvalue weighted by atomic mass is 10.2. The van der Waals surface area contributed by atoms with Crippen LogP contribution in [-0.4, -0.2) is 17.7 Å². The molecule has 0 saturated heterocycles. The molecule has 0 atom stereocenters. The van der Waals surface area contributed by atoms with Gasteiger partial charge in [-0.2, -0.15) is 0 Å². The Morgan fingerprint density at radius 1 is 1.47 bits per heavy atom. The molecule has 19 heavy (non-hydrogen) atoms. The molecule has 0 radical (unpaired) electrons. The Labute approximate surface area is 108 Å². The summed E-state index contributed by atoms with van der Waals surface area (Å²) >= 11 is 0. The highest BCUT2D eigenvalue weighted by molar-refractivity contribution is 5.89. The van der Waals surface area contributed by atoms with Crippen LogP contribution >= 0.6 is 0 Å². The van der Waals surface area contributed by atoms with Gasteiger partial charge in [0.2, 0.25) is 5.76 Å². The van der Waals surface area contributed by atoms with E-state index in [1.54, 1.807) is 18.2 Å². The highest BCUT2D eigenvalue weighted by Crippen LogP contribution is 2.23. The van der Waals surface area contributed by atoms with E-state index in [0.717, 1.165) is 6.07 Å². The first-order chi connectivity index (χ1) is 9.13. The van der Waals surface area contributed by atoms with Gasteiger partial charge in [0, 0.05) is 6.07 Å². The van der Waals surface area contributed by atoms with Crippen LogP contribution in [0.5, 0.6) is 5.75 Å². The van der Waals surface area contributed by atoms with E-state index in [1.807, 2.05) is 0 Å². The molecule has 0 fully saturated rings. The van der Waals surface area contributed by atoms with Crippen molar-refractivity contribution in [3.8, 4) is 5.75 Å². The van der Waals surface area contributed by atoms with Crippen molar-refractivity contribution in [1.29, 1.82) is 0 Å². The molecule has 1 N–H and O–H groups in total. The average Bonchev–Trinajstić information content (AvgIpc) is 2.38. The van der Waals surface area contributed by atoms with E-state index in [4.69, 9.17) is 14.3 Å². The predicted octanol–water partition coefficient (Wildman–Crippen LogP) is 2.45. The van der Waals surface area contributed by atoms with Crippen LogP contribution in [0.25, 0.3) is 11.0 Å². The van der Waals surface area contributed by atoms with Crippen molar-refractivity contribution < 1.29 is 19.1 Å². The maximum Gasteiger partial charge on any atom is 0.371 e. The van der Waals surface area contributed by atoms with Gasteiger partial charge in [-0.05, 0) is 18.6 Å². The first-order valence-corrected chi connectivity index (χ1v) is 5.67. The maximum atomic E-state index is 11.9. The van der Waals surface area contributed by atoms with Gasteiger partial charge in [0.05, 0.1) is 6.61 Å². The fraction of sp³-hybridized carbons (Fsp3) is 0.143. The molecule has 0 spiro atoms. The minimum absolute atomic E-state index is 0.195. The van der Waals surface area contributed by atoms with Crippen molar-refractivity contribution in [3.63, 3.8) is 0 Å². The van der Waals surface area contributed by atoms with Crippen molar-refractivity contribution in [2.75, 3.05) is 6.61 Å². The molecule has 1 aromatic carbocycles. The van der Waals surface area contributed by atoms with E-state index in [9.17, 15) is 9.59 Å². The minimum atomic E-state index is -1.28. The van der Waals surface area contributed by atoms with Gasteiger partial charge in [-0.25, -0.2) is 4.79 Å². The van der Waals surface area contributed by atoms with Crippen LogP contribution in [-0.2, 0) is 0 Å². The Hall–Kier alpha value is -2.56. The molecule has 98 valence electrons. The third-order valence-corrected chi connectivity index (χ3v) is 2.51. The summed E-state index contributed by atoms with van der Waals surface area (Å²) < 4.78 is 10.6. The first-order valence-electron chi connectivity index (χ1n) is 5.67. The quantitative estimate of drug-likeness (QED) is 0.660. The summed E-state index contributed by atoms with van der Waals surface area (Å²) in [6.45, 7) is 3.97. The Bertz CT molecular complexity index is 684. The Kier molecular flexibility index (Phi) is 3.66. The molecule has 0 bridgehead atoms. The van der Waals surface area contributed by atoms with Gasteiger partial charge in [0.25, 0.3) is 0 Å². The van der Waals surface area contributed by atoms with Gasteiger partial charge in [0.1, 0.15) is 16.7 Å². The lowest BCUT2D eigenvalue weighted by Crippen LogP contribution is -2.08. The number of hydrogen-bond acceptors (Lipinski definition) is 4. The predicted molar refractivity (Wildman–Crippen MR) is 69.8 cm³/mol. The first kappa shape index (κ1) is 12.9. The van der Waals surface area contributed by atoms with Gasteiger partial charge in [-0.3, -0.25) is 4.79 Å². The van der Waals surface area contributed by atoms with E-state index in [0.29, 0.717) is 18.8 Å². The standard InChI is InChI=1S/C14H12O5/c1-2-3-7-18-10-5-4-6-11-13(10)9(15)8-12(19-11)14(16)17/h2,4-6,8H,1,3,7H2,(H,16,17). The zero-order valence-electron chi connectivity index (χ0n) is 10.1. The Morgan fingerprint density at radius 2 is 2.26 bits per heavy atom. The van der Waals surface area contributed by atoms with Crippen LogP contribution < -0.4 is 10.2 Å². The van der Waals surface area contributed by atoms with Crippen LogP contribution in [0.4, 0.5) is 0 Å². The number of ether oxygens (including phenoxy) is 1. The zero-order valence-corrected chi connectivity index (χ0v) is 10.1. The van der Waals surface area contributed by atoms with Crippen LogP contribution in [0.3, 0.4) is 0 Å². The molecule has 1 heterocycles. The van der Waals surface area contributed by atoms with Crippen molar-refractivity contribution >= 4 is 16.9 Å². The largest absolute Gasteiger partial charge is 0.492 e. The van der Waals surface area contributed by atoms with E-state index < -0.39 is 11.4 Å². The molecule has 0 aliphatic heterocycles. The van der Waals surface area contributed by atoms with Crippen LogP contribution in [0.1, 0.15) is 17.0 Å². The van der Waals surface area contributed by atoms with E-state index >= 15 is 0 Å². The summed E-state index contributed by atoms with van der Waals surface area (Å²) in [5.41, 5.74) is -0.242. The summed E-state index contributed by atoms with van der Waals surface area (Å²) in [5, 5.41) is 9.08. The number of carbonyl (C=O) groups is 1. The SMILES string of the molecule is C=CCCOc1cccc2oc(C(=O)O)cc(=O)c12. The molecule has 2 aromatic rings. The van der Waals surface area contributed by atoms with Crippen LogP contribution in [0, 0.1) is 0 Å². The lowest BCUT2D eigenvalue weighted by molar-refractivity contribution is 0.0663. The molecular formula is C14H12O5. The number of hydrogen-bond donors (Lipinski definition) is 1. The number of benzene rings is 1. The van der Waals surface area contributed by atoms with Gasteiger partial charge in [-0.15, -0.1) is 6.58 Å². The lowest BCUT2D eigenvalue weighted by Gasteiger charge is -2.07.